The van der Waals surface area contributed by atoms with Crippen LogP contribution >= 0.6 is 12.2 Å². The molecule has 5 nitrogen and oxygen atoms in total. The van der Waals surface area contributed by atoms with Crippen molar-refractivity contribution in [1.29, 1.82) is 0 Å². The SMILES string of the molecule is Cc1n[nH]c(C)c1Cc1ccc(NC(=S)NC(=O)c2cccc3ccccc23)cc1. The normalized spacial score (nSPS) is 10.7. The number of thiocarbonyl (C=S) groups is 1. The number of carbonyl (C=O) groups excluding carboxylic acids is 1. The largest absolute Gasteiger partial charge is 0.332 e. The first-order valence-corrected chi connectivity index (χ1v) is 10.1. The summed E-state index contributed by atoms with van der Waals surface area (Å²) in [5.74, 6) is -0.230. The van der Waals surface area contributed by atoms with E-state index < -0.39 is 0 Å². The van der Waals surface area contributed by atoms with Gasteiger partial charge in [0.1, 0.15) is 0 Å². The molecule has 0 radical (unpaired) electrons. The second kappa shape index (κ2) is 8.47. The summed E-state index contributed by atoms with van der Waals surface area (Å²) in [6, 6.07) is 21.4. The minimum absolute atomic E-state index is 0.230. The Labute approximate surface area is 180 Å². The van der Waals surface area contributed by atoms with Gasteiger partial charge >= 0.3 is 0 Å². The van der Waals surface area contributed by atoms with Crippen molar-refractivity contribution in [3.63, 3.8) is 0 Å². The van der Waals surface area contributed by atoms with Crippen molar-refractivity contribution >= 4 is 39.7 Å². The molecule has 0 aliphatic heterocycles. The zero-order chi connectivity index (χ0) is 21.1. The summed E-state index contributed by atoms with van der Waals surface area (Å²) in [7, 11) is 0. The minimum Gasteiger partial charge on any atom is -0.332 e. The number of aryl methyl sites for hydroxylation is 2. The Kier molecular flexibility index (Phi) is 5.59. The van der Waals surface area contributed by atoms with Crippen LogP contribution in [0.2, 0.25) is 0 Å². The van der Waals surface area contributed by atoms with Crippen molar-refractivity contribution in [1.82, 2.24) is 15.5 Å². The van der Waals surface area contributed by atoms with Crippen LogP contribution in [0, 0.1) is 13.8 Å². The number of fused-ring (bicyclic) bond motifs is 1. The maximum atomic E-state index is 12.7. The first-order chi connectivity index (χ1) is 14.5. The highest BCUT2D eigenvalue weighted by atomic mass is 32.1. The number of aromatic amines is 1. The molecule has 0 unspecified atom stereocenters. The number of hydrogen-bond acceptors (Lipinski definition) is 3. The number of hydrogen-bond donors (Lipinski definition) is 3. The molecule has 1 aromatic heterocycles. The maximum absolute atomic E-state index is 12.7. The summed E-state index contributed by atoms with van der Waals surface area (Å²) >= 11 is 5.34. The number of nitrogens with zero attached hydrogens (tertiary/aromatic N) is 1. The Morgan fingerprint density at radius 1 is 1.00 bits per heavy atom. The van der Waals surface area contributed by atoms with Gasteiger partial charge in [-0.25, -0.2) is 0 Å². The van der Waals surface area contributed by atoms with Crippen LogP contribution in [0.3, 0.4) is 0 Å². The van der Waals surface area contributed by atoms with Gasteiger partial charge in [-0.1, -0.05) is 48.5 Å². The molecule has 150 valence electrons. The number of aromatic nitrogens is 2. The highest BCUT2D eigenvalue weighted by molar-refractivity contribution is 7.80. The fourth-order valence-corrected chi connectivity index (χ4v) is 3.71. The van der Waals surface area contributed by atoms with Crippen molar-refractivity contribution in [2.75, 3.05) is 5.32 Å². The number of carbonyl (C=O) groups is 1. The number of amides is 1. The molecule has 6 heteroatoms. The Balaban J connectivity index is 1.41. The molecule has 30 heavy (non-hydrogen) atoms. The molecule has 0 saturated heterocycles. The molecule has 1 heterocycles. The van der Waals surface area contributed by atoms with E-state index in [9.17, 15) is 4.79 Å². The van der Waals surface area contributed by atoms with Crippen molar-refractivity contribution < 1.29 is 4.79 Å². The van der Waals surface area contributed by atoms with Crippen molar-refractivity contribution in [3.05, 3.63) is 94.8 Å². The third kappa shape index (κ3) is 4.23. The third-order valence-corrected chi connectivity index (χ3v) is 5.34. The molecule has 0 aliphatic rings. The fraction of sp³-hybridized carbons (Fsp3) is 0.125. The van der Waals surface area contributed by atoms with E-state index in [0.717, 1.165) is 34.3 Å². The number of benzene rings is 3. The van der Waals surface area contributed by atoms with Gasteiger partial charge in [0.25, 0.3) is 5.91 Å². The van der Waals surface area contributed by atoms with Gasteiger partial charge in [0, 0.05) is 28.9 Å². The van der Waals surface area contributed by atoms with Crippen LogP contribution in [0.5, 0.6) is 0 Å². The Hall–Kier alpha value is -3.51. The monoisotopic (exact) mass is 414 g/mol. The molecule has 3 N–H and O–H groups in total. The van der Waals surface area contributed by atoms with Crippen LogP contribution in [0.25, 0.3) is 10.8 Å². The zero-order valence-corrected chi connectivity index (χ0v) is 17.6. The highest BCUT2D eigenvalue weighted by Gasteiger charge is 2.12. The van der Waals surface area contributed by atoms with Gasteiger partial charge in [-0.15, -0.1) is 0 Å². The second-order valence-electron chi connectivity index (χ2n) is 7.22. The number of anilines is 1. The van der Waals surface area contributed by atoms with E-state index in [2.05, 4.69) is 20.8 Å². The van der Waals surface area contributed by atoms with Crippen LogP contribution in [0.1, 0.15) is 32.9 Å². The summed E-state index contributed by atoms with van der Waals surface area (Å²) in [5.41, 5.74) is 5.92. The molecular formula is C24H22N4OS. The Bertz CT molecular complexity index is 1200. The fourth-order valence-electron chi connectivity index (χ4n) is 3.50. The van der Waals surface area contributed by atoms with Crippen molar-refractivity contribution in [2.24, 2.45) is 0 Å². The van der Waals surface area contributed by atoms with Crippen LogP contribution in [-0.4, -0.2) is 21.2 Å². The highest BCUT2D eigenvalue weighted by Crippen LogP contribution is 2.19. The second-order valence-corrected chi connectivity index (χ2v) is 7.63. The lowest BCUT2D eigenvalue weighted by molar-refractivity contribution is 0.0979. The number of nitrogens with one attached hydrogen (secondary N) is 3. The standard InChI is InChI=1S/C24H22N4OS/c1-15-22(16(2)28-27-15)14-17-10-12-19(13-11-17)25-24(30)26-23(29)21-9-5-7-18-6-3-4-8-20(18)21/h3-13H,14H2,1-2H3,(H,27,28)(H2,25,26,29,30). The van der Waals surface area contributed by atoms with E-state index in [-0.39, 0.29) is 11.0 Å². The minimum atomic E-state index is -0.230. The quantitative estimate of drug-likeness (QED) is 0.416. The summed E-state index contributed by atoms with van der Waals surface area (Å²) in [6.45, 7) is 4.04. The number of H-pyrrole nitrogens is 1. The van der Waals surface area contributed by atoms with Crippen molar-refractivity contribution in [3.8, 4) is 0 Å². The van der Waals surface area contributed by atoms with Crippen LogP contribution in [0.4, 0.5) is 5.69 Å². The molecule has 3 aromatic carbocycles. The lowest BCUT2D eigenvalue weighted by Gasteiger charge is -2.11. The molecule has 0 spiro atoms. The zero-order valence-electron chi connectivity index (χ0n) is 16.8. The van der Waals surface area contributed by atoms with Gasteiger partial charge in [-0.2, -0.15) is 5.10 Å². The first kappa shape index (κ1) is 19.8. The predicted molar refractivity (Wildman–Crippen MR) is 125 cm³/mol. The van der Waals surface area contributed by atoms with Gasteiger partial charge in [0.15, 0.2) is 5.11 Å². The number of rotatable bonds is 4. The molecule has 0 fully saturated rings. The van der Waals surface area contributed by atoms with Crippen LogP contribution < -0.4 is 10.6 Å². The predicted octanol–water partition coefficient (Wildman–Crippen LogP) is 4.90. The van der Waals surface area contributed by atoms with E-state index in [1.54, 1.807) is 6.07 Å². The smallest absolute Gasteiger partial charge is 0.258 e. The lowest BCUT2D eigenvalue weighted by Crippen LogP contribution is -2.34. The molecule has 1 amide bonds. The van der Waals surface area contributed by atoms with E-state index >= 15 is 0 Å². The molecule has 0 bridgehead atoms. The molecule has 4 rings (SSSR count). The van der Waals surface area contributed by atoms with E-state index in [1.165, 1.54) is 11.1 Å². The first-order valence-electron chi connectivity index (χ1n) is 9.71. The lowest BCUT2D eigenvalue weighted by atomic mass is 10.0. The van der Waals surface area contributed by atoms with Crippen LogP contribution in [-0.2, 0) is 6.42 Å². The topological polar surface area (TPSA) is 69.8 Å². The Morgan fingerprint density at radius 2 is 1.73 bits per heavy atom. The van der Waals surface area contributed by atoms with Gasteiger partial charge < -0.3 is 5.32 Å². The van der Waals surface area contributed by atoms with E-state index in [0.29, 0.717) is 5.56 Å². The maximum Gasteiger partial charge on any atom is 0.258 e. The molecule has 4 aromatic rings. The Morgan fingerprint density at radius 3 is 2.47 bits per heavy atom. The third-order valence-electron chi connectivity index (χ3n) is 5.13. The summed E-state index contributed by atoms with van der Waals surface area (Å²) in [4.78, 5) is 12.7. The van der Waals surface area contributed by atoms with Crippen LogP contribution in [0.15, 0.2) is 66.7 Å². The van der Waals surface area contributed by atoms with Gasteiger partial charge in [-0.05, 0) is 60.6 Å². The van der Waals surface area contributed by atoms with Crippen molar-refractivity contribution in [2.45, 2.75) is 20.3 Å². The summed E-state index contributed by atoms with van der Waals surface area (Å²) in [6.07, 6.45) is 0.816. The van der Waals surface area contributed by atoms with Gasteiger partial charge in [-0.3, -0.25) is 15.2 Å². The summed E-state index contributed by atoms with van der Waals surface area (Å²) < 4.78 is 0. The summed E-state index contributed by atoms with van der Waals surface area (Å²) in [5, 5.41) is 15.3. The molecule has 0 atom stereocenters. The molecule has 0 saturated carbocycles. The average Bonchev–Trinajstić information content (AvgIpc) is 3.06. The van der Waals surface area contributed by atoms with Gasteiger partial charge in [0.2, 0.25) is 0 Å². The van der Waals surface area contributed by atoms with Gasteiger partial charge in [0.05, 0.1) is 5.69 Å². The molecule has 0 aliphatic carbocycles. The van der Waals surface area contributed by atoms with E-state index in [1.807, 2.05) is 74.5 Å². The molecular weight excluding hydrogens is 392 g/mol. The van der Waals surface area contributed by atoms with E-state index in [4.69, 9.17) is 12.2 Å². The average molecular weight is 415 g/mol.